The van der Waals surface area contributed by atoms with E-state index in [2.05, 4.69) is 19.2 Å². The summed E-state index contributed by atoms with van der Waals surface area (Å²) in [6.07, 6.45) is 2.99. The first-order valence-electron chi connectivity index (χ1n) is 7.86. The molecule has 0 saturated carbocycles. The molecule has 1 unspecified atom stereocenters. The molecule has 0 aliphatic carbocycles. The van der Waals surface area contributed by atoms with E-state index in [0.29, 0.717) is 23.9 Å². The molecule has 1 heterocycles. The topological polar surface area (TPSA) is 49.4 Å². The first-order valence-corrected chi connectivity index (χ1v) is 9.30. The van der Waals surface area contributed by atoms with Gasteiger partial charge in [0.25, 0.3) is 0 Å². The summed E-state index contributed by atoms with van der Waals surface area (Å²) in [7, 11) is -3.38. The highest BCUT2D eigenvalue weighted by Crippen LogP contribution is 2.27. The Morgan fingerprint density at radius 2 is 2.10 bits per heavy atom. The van der Waals surface area contributed by atoms with Gasteiger partial charge in [0.2, 0.25) is 10.0 Å². The summed E-state index contributed by atoms with van der Waals surface area (Å²) < 4.78 is 27.2. The number of sulfonamides is 1. The van der Waals surface area contributed by atoms with Crippen LogP contribution >= 0.6 is 0 Å². The molecule has 0 saturated heterocycles. The fourth-order valence-corrected chi connectivity index (χ4v) is 4.25. The molecular weight excluding hydrogens is 284 g/mol. The van der Waals surface area contributed by atoms with E-state index in [1.54, 1.807) is 10.4 Å². The van der Waals surface area contributed by atoms with E-state index in [9.17, 15) is 8.42 Å². The monoisotopic (exact) mass is 310 g/mol. The summed E-state index contributed by atoms with van der Waals surface area (Å²) in [5, 5.41) is 3.32. The molecule has 1 atom stereocenters. The SMILES string of the molecule is CCC(C)CN(CC)S(=O)(=O)c1ccc2c(c1)CCCN2. The van der Waals surface area contributed by atoms with Crippen molar-refractivity contribution in [3.05, 3.63) is 23.8 Å². The van der Waals surface area contributed by atoms with Crippen molar-refractivity contribution in [2.45, 2.75) is 44.9 Å². The molecule has 1 aliphatic heterocycles. The van der Waals surface area contributed by atoms with Gasteiger partial charge in [0.15, 0.2) is 0 Å². The van der Waals surface area contributed by atoms with Crippen LogP contribution in [0.2, 0.25) is 0 Å². The van der Waals surface area contributed by atoms with Crippen molar-refractivity contribution in [2.24, 2.45) is 5.92 Å². The molecular formula is C16H26N2O2S. The summed E-state index contributed by atoms with van der Waals surface area (Å²) in [5.41, 5.74) is 2.19. The van der Waals surface area contributed by atoms with Crippen molar-refractivity contribution in [1.29, 1.82) is 0 Å². The highest BCUT2D eigenvalue weighted by Gasteiger charge is 2.25. The second-order valence-corrected chi connectivity index (χ2v) is 7.76. The molecule has 0 amide bonds. The minimum atomic E-state index is -3.38. The smallest absolute Gasteiger partial charge is 0.243 e. The van der Waals surface area contributed by atoms with E-state index in [1.807, 2.05) is 19.1 Å². The Kier molecular flexibility index (Phi) is 5.27. The molecule has 5 heteroatoms. The molecule has 0 aromatic heterocycles. The van der Waals surface area contributed by atoms with Crippen LogP contribution in [0.25, 0.3) is 0 Å². The van der Waals surface area contributed by atoms with E-state index in [1.165, 1.54) is 0 Å². The Bertz CT molecular complexity index is 584. The van der Waals surface area contributed by atoms with Crippen molar-refractivity contribution in [3.63, 3.8) is 0 Å². The van der Waals surface area contributed by atoms with E-state index >= 15 is 0 Å². The maximum Gasteiger partial charge on any atom is 0.243 e. The molecule has 4 nitrogen and oxygen atoms in total. The zero-order valence-corrected chi connectivity index (χ0v) is 14.0. The van der Waals surface area contributed by atoms with E-state index in [4.69, 9.17) is 0 Å². The van der Waals surface area contributed by atoms with Gasteiger partial charge in [-0.05, 0) is 42.5 Å². The molecule has 0 bridgehead atoms. The zero-order chi connectivity index (χ0) is 15.5. The van der Waals surface area contributed by atoms with Crippen LogP contribution in [0, 0.1) is 5.92 Å². The second-order valence-electron chi connectivity index (χ2n) is 5.82. The van der Waals surface area contributed by atoms with Crippen LogP contribution in [-0.4, -0.2) is 32.4 Å². The third-order valence-corrected chi connectivity index (χ3v) is 6.15. The highest BCUT2D eigenvalue weighted by molar-refractivity contribution is 7.89. The van der Waals surface area contributed by atoms with E-state index < -0.39 is 10.0 Å². The second kappa shape index (κ2) is 6.79. The fraction of sp³-hybridized carbons (Fsp3) is 0.625. The Labute approximate surface area is 128 Å². The van der Waals surface area contributed by atoms with Gasteiger partial charge in [-0.15, -0.1) is 0 Å². The third kappa shape index (κ3) is 3.58. The number of benzene rings is 1. The van der Waals surface area contributed by atoms with Crippen molar-refractivity contribution < 1.29 is 8.42 Å². The lowest BCUT2D eigenvalue weighted by Gasteiger charge is -2.25. The number of fused-ring (bicyclic) bond motifs is 1. The van der Waals surface area contributed by atoms with Crippen molar-refractivity contribution >= 4 is 15.7 Å². The number of rotatable bonds is 6. The normalized spacial score (nSPS) is 16.4. The van der Waals surface area contributed by atoms with Gasteiger partial charge < -0.3 is 5.32 Å². The lowest BCUT2D eigenvalue weighted by Crippen LogP contribution is -2.34. The Morgan fingerprint density at radius 3 is 2.76 bits per heavy atom. The molecule has 21 heavy (non-hydrogen) atoms. The van der Waals surface area contributed by atoms with Gasteiger partial charge >= 0.3 is 0 Å². The number of aryl methyl sites for hydroxylation is 1. The predicted molar refractivity (Wildman–Crippen MR) is 87.1 cm³/mol. The highest BCUT2D eigenvalue weighted by atomic mass is 32.2. The minimum absolute atomic E-state index is 0.374. The third-order valence-electron chi connectivity index (χ3n) is 4.22. The zero-order valence-electron chi connectivity index (χ0n) is 13.2. The molecule has 1 aliphatic rings. The van der Waals surface area contributed by atoms with Crippen LogP contribution in [0.5, 0.6) is 0 Å². The van der Waals surface area contributed by atoms with Crippen molar-refractivity contribution in [2.75, 3.05) is 25.0 Å². The van der Waals surface area contributed by atoms with Gasteiger partial charge in [0.1, 0.15) is 0 Å². The van der Waals surface area contributed by atoms with Gasteiger partial charge in [-0.2, -0.15) is 4.31 Å². The standard InChI is InChI=1S/C16H26N2O2S/c1-4-13(3)12-18(5-2)21(19,20)15-8-9-16-14(11-15)7-6-10-17-16/h8-9,11,13,17H,4-7,10,12H2,1-3H3. The number of anilines is 1. The number of nitrogens with zero attached hydrogens (tertiary/aromatic N) is 1. The van der Waals surface area contributed by atoms with Crippen LogP contribution < -0.4 is 5.32 Å². The molecule has 0 spiro atoms. The van der Waals surface area contributed by atoms with Crippen LogP contribution in [0.1, 0.15) is 39.2 Å². The Hall–Kier alpha value is -1.07. The van der Waals surface area contributed by atoms with Crippen LogP contribution in [0.15, 0.2) is 23.1 Å². The number of hydrogen-bond donors (Lipinski definition) is 1. The van der Waals surface area contributed by atoms with E-state index in [-0.39, 0.29) is 0 Å². The van der Waals surface area contributed by atoms with Crippen LogP contribution in [0.3, 0.4) is 0 Å². The van der Waals surface area contributed by atoms with Gasteiger partial charge in [-0.25, -0.2) is 8.42 Å². The molecule has 2 rings (SSSR count). The predicted octanol–water partition coefficient (Wildman–Crippen LogP) is 3.10. The summed E-state index contributed by atoms with van der Waals surface area (Å²) in [4.78, 5) is 0.426. The maximum absolute atomic E-state index is 12.8. The molecule has 1 aromatic rings. The molecule has 0 fully saturated rings. The first kappa shape index (κ1) is 16.3. The van der Waals surface area contributed by atoms with Crippen LogP contribution in [-0.2, 0) is 16.4 Å². The lowest BCUT2D eigenvalue weighted by molar-refractivity contribution is 0.361. The molecule has 0 radical (unpaired) electrons. The number of nitrogens with one attached hydrogen (secondary N) is 1. The summed E-state index contributed by atoms with van der Waals surface area (Å²) >= 11 is 0. The Morgan fingerprint density at radius 1 is 1.33 bits per heavy atom. The average Bonchev–Trinajstić information content (AvgIpc) is 2.51. The summed E-state index contributed by atoms with van der Waals surface area (Å²) in [6, 6.07) is 5.47. The van der Waals surface area contributed by atoms with Gasteiger partial charge in [0, 0.05) is 25.3 Å². The number of hydrogen-bond acceptors (Lipinski definition) is 3. The van der Waals surface area contributed by atoms with Gasteiger partial charge in [-0.3, -0.25) is 0 Å². The molecule has 1 aromatic carbocycles. The Balaban J connectivity index is 2.29. The minimum Gasteiger partial charge on any atom is -0.385 e. The quantitative estimate of drug-likeness (QED) is 0.878. The molecule has 1 N–H and O–H groups in total. The largest absolute Gasteiger partial charge is 0.385 e. The summed E-state index contributed by atoms with van der Waals surface area (Å²) in [5.74, 6) is 0.374. The maximum atomic E-state index is 12.8. The fourth-order valence-electron chi connectivity index (χ4n) is 2.63. The van der Waals surface area contributed by atoms with Gasteiger partial charge in [0.05, 0.1) is 4.90 Å². The van der Waals surface area contributed by atoms with E-state index in [0.717, 1.165) is 37.1 Å². The van der Waals surface area contributed by atoms with Crippen molar-refractivity contribution in [1.82, 2.24) is 4.31 Å². The average molecular weight is 310 g/mol. The van der Waals surface area contributed by atoms with Crippen LogP contribution in [0.4, 0.5) is 5.69 Å². The first-order chi connectivity index (χ1) is 9.98. The lowest BCUT2D eigenvalue weighted by atomic mass is 10.0. The molecule has 118 valence electrons. The van der Waals surface area contributed by atoms with Crippen molar-refractivity contribution in [3.8, 4) is 0 Å². The summed E-state index contributed by atoms with van der Waals surface area (Å²) in [6.45, 7) is 8.16. The van der Waals surface area contributed by atoms with Gasteiger partial charge in [-0.1, -0.05) is 27.2 Å².